The van der Waals surface area contributed by atoms with Crippen molar-refractivity contribution in [2.45, 2.75) is 45.6 Å². The number of anilines is 1. The molecule has 0 aromatic heterocycles. The Morgan fingerprint density at radius 1 is 1.15 bits per heavy atom. The molecule has 148 valence electrons. The largest absolute Gasteiger partial charge is 0.453 e. The number of amides is 3. The summed E-state index contributed by atoms with van der Waals surface area (Å²) < 4.78 is 4.69. The Labute approximate surface area is 164 Å². The van der Waals surface area contributed by atoms with Gasteiger partial charge in [-0.3, -0.25) is 9.59 Å². The Bertz CT molecular complexity index is 715. The van der Waals surface area contributed by atoms with Crippen LogP contribution in [0.2, 0.25) is 5.02 Å². The van der Waals surface area contributed by atoms with Crippen LogP contribution in [0, 0.1) is 0 Å². The summed E-state index contributed by atoms with van der Waals surface area (Å²) in [6, 6.07) is 3.52. The highest BCUT2D eigenvalue weighted by molar-refractivity contribution is 6.40. The van der Waals surface area contributed by atoms with Gasteiger partial charge in [0.2, 0.25) is 0 Å². The molecule has 2 N–H and O–H groups in total. The molecular weight excluding hydrogens is 370 g/mol. The van der Waals surface area contributed by atoms with E-state index in [0.29, 0.717) is 49.5 Å². The third kappa shape index (κ3) is 5.13. The Morgan fingerprint density at radius 3 is 2.37 bits per heavy atom. The number of piperidine rings is 1. The summed E-state index contributed by atoms with van der Waals surface area (Å²) in [5, 5.41) is 6.04. The maximum atomic E-state index is 12.4. The number of hydrogen-bond acceptors (Lipinski definition) is 4. The fourth-order valence-corrected chi connectivity index (χ4v) is 3.51. The van der Waals surface area contributed by atoms with E-state index in [4.69, 9.17) is 11.6 Å². The number of likely N-dealkylation sites (tertiary alicyclic amines) is 1. The van der Waals surface area contributed by atoms with Crippen molar-refractivity contribution < 1.29 is 19.1 Å². The van der Waals surface area contributed by atoms with Crippen molar-refractivity contribution in [3.8, 4) is 0 Å². The van der Waals surface area contributed by atoms with Crippen molar-refractivity contribution in [3.63, 3.8) is 0 Å². The summed E-state index contributed by atoms with van der Waals surface area (Å²) in [6.45, 7) is 4.89. The molecule has 1 aliphatic heterocycles. The molecule has 7 nitrogen and oxygen atoms in total. The van der Waals surface area contributed by atoms with Crippen LogP contribution in [0.4, 0.5) is 10.5 Å². The van der Waals surface area contributed by atoms with Crippen molar-refractivity contribution >= 4 is 35.2 Å². The van der Waals surface area contributed by atoms with Crippen LogP contribution in [0.15, 0.2) is 12.1 Å². The molecule has 1 heterocycles. The SMILES string of the molecule is CCc1ccc(Cl)c(CC)c1NC(=O)C(=O)NC1CCN(C(=O)OC)CC1. The first-order chi connectivity index (χ1) is 12.9. The highest BCUT2D eigenvalue weighted by Crippen LogP contribution is 2.29. The average Bonchev–Trinajstić information content (AvgIpc) is 2.68. The van der Waals surface area contributed by atoms with Crippen LogP contribution in [0.3, 0.4) is 0 Å². The number of rotatable bonds is 4. The van der Waals surface area contributed by atoms with E-state index in [1.165, 1.54) is 7.11 Å². The Hall–Kier alpha value is -2.28. The minimum Gasteiger partial charge on any atom is -0.453 e. The molecule has 1 aromatic rings. The average molecular weight is 396 g/mol. The lowest BCUT2D eigenvalue weighted by molar-refractivity contribution is -0.136. The number of hydrogen-bond donors (Lipinski definition) is 2. The number of methoxy groups -OCH3 is 1. The molecule has 8 heteroatoms. The molecule has 3 amide bonds. The standard InChI is InChI=1S/C19H26ClN3O4/c1-4-12-6-7-15(20)14(5-2)16(12)22-18(25)17(24)21-13-8-10-23(11-9-13)19(26)27-3/h6-7,13H,4-5,8-11H2,1-3H3,(H,21,24)(H,22,25). The van der Waals surface area contributed by atoms with Gasteiger partial charge < -0.3 is 20.3 Å². The lowest BCUT2D eigenvalue weighted by Crippen LogP contribution is -2.49. The maximum absolute atomic E-state index is 12.4. The molecule has 0 aliphatic carbocycles. The van der Waals surface area contributed by atoms with Crippen LogP contribution in [0.5, 0.6) is 0 Å². The number of halogens is 1. The molecule has 1 saturated heterocycles. The Kier molecular flexibility index (Phi) is 7.47. The van der Waals surface area contributed by atoms with Gasteiger partial charge in [-0.15, -0.1) is 0 Å². The van der Waals surface area contributed by atoms with Crippen molar-refractivity contribution in [3.05, 3.63) is 28.3 Å². The zero-order valence-corrected chi connectivity index (χ0v) is 16.7. The van der Waals surface area contributed by atoms with Crippen molar-refractivity contribution in [1.82, 2.24) is 10.2 Å². The summed E-state index contributed by atoms with van der Waals surface area (Å²) in [4.78, 5) is 37.8. The molecule has 0 bridgehead atoms. The van der Waals surface area contributed by atoms with E-state index in [9.17, 15) is 14.4 Å². The highest BCUT2D eigenvalue weighted by atomic mass is 35.5. The quantitative estimate of drug-likeness (QED) is 0.767. The van der Waals surface area contributed by atoms with Crippen molar-refractivity contribution in [2.24, 2.45) is 0 Å². The summed E-state index contributed by atoms with van der Waals surface area (Å²) in [5.74, 6) is -1.40. The van der Waals surface area contributed by atoms with Gasteiger partial charge in [-0.2, -0.15) is 0 Å². The molecule has 0 radical (unpaired) electrons. The zero-order valence-electron chi connectivity index (χ0n) is 15.9. The molecule has 1 aliphatic rings. The lowest BCUT2D eigenvalue weighted by atomic mass is 10.0. The van der Waals surface area contributed by atoms with Crippen LogP contribution < -0.4 is 10.6 Å². The molecular formula is C19H26ClN3O4. The predicted molar refractivity (Wildman–Crippen MR) is 104 cm³/mol. The third-order valence-corrected chi connectivity index (χ3v) is 5.14. The molecule has 0 saturated carbocycles. The number of carbonyl (C=O) groups is 3. The number of aryl methyl sites for hydroxylation is 1. The number of benzene rings is 1. The third-order valence-electron chi connectivity index (χ3n) is 4.78. The van der Waals surface area contributed by atoms with Crippen LogP contribution in [0.1, 0.15) is 37.8 Å². The zero-order chi connectivity index (χ0) is 20.0. The fourth-order valence-electron chi connectivity index (χ4n) is 3.22. The van der Waals surface area contributed by atoms with Crippen LogP contribution in [-0.4, -0.2) is 49.0 Å². The predicted octanol–water partition coefficient (Wildman–Crippen LogP) is 2.75. The van der Waals surface area contributed by atoms with Gasteiger partial charge in [0.05, 0.1) is 7.11 Å². The van der Waals surface area contributed by atoms with E-state index in [1.807, 2.05) is 26.0 Å². The number of nitrogens with zero attached hydrogens (tertiary/aromatic N) is 1. The first kappa shape index (κ1) is 21.0. The monoisotopic (exact) mass is 395 g/mol. The number of carbonyl (C=O) groups excluding carboxylic acids is 3. The molecule has 1 fully saturated rings. The van der Waals surface area contributed by atoms with Crippen molar-refractivity contribution in [2.75, 3.05) is 25.5 Å². The molecule has 0 atom stereocenters. The van der Waals surface area contributed by atoms with Gasteiger partial charge in [0, 0.05) is 29.8 Å². The second-order valence-corrected chi connectivity index (χ2v) is 6.83. The molecule has 27 heavy (non-hydrogen) atoms. The normalized spacial score (nSPS) is 14.6. The topological polar surface area (TPSA) is 87.7 Å². The summed E-state index contributed by atoms with van der Waals surface area (Å²) in [5.41, 5.74) is 2.38. The molecule has 2 rings (SSSR count). The van der Waals surface area contributed by atoms with Gasteiger partial charge in [0.25, 0.3) is 0 Å². The van der Waals surface area contributed by atoms with E-state index in [1.54, 1.807) is 4.90 Å². The minimum absolute atomic E-state index is 0.153. The molecule has 0 spiro atoms. The van der Waals surface area contributed by atoms with Crippen LogP contribution in [0.25, 0.3) is 0 Å². The van der Waals surface area contributed by atoms with Gasteiger partial charge in [0.15, 0.2) is 0 Å². The van der Waals surface area contributed by atoms with Gasteiger partial charge in [-0.25, -0.2) is 4.79 Å². The minimum atomic E-state index is -0.711. The van der Waals surface area contributed by atoms with Gasteiger partial charge in [0.1, 0.15) is 0 Å². The second kappa shape index (κ2) is 9.60. The smallest absolute Gasteiger partial charge is 0.409 e. The van der Waals surface area contributed by atoms with Gasteiger partial charge in [-0.05, 0) is 42.9 Å². The van der Waals surface area contributed by atoms with Gasteiger partial charge in [-0.1, -0.05) is 31.5 Å². The first-order valence-corrected chi connectivity index (χ1v) is 9.53. The number of nitrogens with one attached hydrogen (secondary N) is 2. The first-order valence-electron chi connectivity index (χ1n) is 9.16. The lowest BCUT2D eigenvalue weighted by Gasteiger charge is -2.31. The van der Waals surface area contributed by atoms with Crippen molar-refractivity contribution in [1.29, 1.82) is 0 Å². The maximum Gasteiger partial charge on any atom is 0.409 e. The highest BCUT2D eigenvalue weighted by Gasteiger charge is 2.26. The fraction of sp³-hybridized carbons (Fsp3) is 0.526. The van der Waals surface area contributed by atoms with Crippen LogP contribution >= 0.6 is 11.6 Å². The van der Waals surface area contributed by atoms with E-state index >= 15 is 0 Å². The summed E-state index contributed by atoms with van der Waals surface area (Å²) >= 11 is 6.23. The van der Waals surface area contributed by atoms with E-state index < -0.39 is 11.8 Å². The Balaban J connectivity index is 1.98. The van der Waals surface area contributed by atoms with Crippen LogP contribution in [-0.2, 0) is 27.2 Å². The molecule has 0 unspecified atom stereocenters. The molecule has 1 aromatic carbocycles. The Morgan fingerprint density at radius 2 is 1.81 bits per heavy atom. The second-order valence-electron chi connectivity index (χ2n) is 6.43. The van der Waals surface area contributed by atoms with E-state index in [0.717, 1.165) is 11.1 Å². The van der Waals surface area contributed by atoms with E-state index in [-0.39, 0.29) is 12.1 Å². The number of ether oxygens (including phenoxy) is 1. The van der Waals surface area contributed by atoms with E-state index in [2.05, 4.69) is 15.4 Å². The summed E-state index contributed by atoms with van der Waals surface area (Å²) in [7, 11) is 1.34. The van der Waals surface area contributed by atoms with Gasteiger partial charge >= 0.3 is 17.9 Å². The summed E-state index contributed by atoms with van der Waals surface area (Å²) in [6.07, 6.45) is 2.14.